The molecule has 7 heteroatoms. The summed E-state index contributed by atoms with van der Waals surface area (Å²) >= 11 is 0. The molecule has 0 spiro atoms. The Hall–Kier alpha value is -2.83. The second kappa shape index (κ2) is 5.99. The summed E-state index contributed by atoms with van der Waals surface area (Å²) in [5.74, 6) is 0.840. The number of amides is 1. The quantitative estimate of drug-likeness (QED) is 0.799. The first-order chi connectivity index (χ1) is 11.8. The second-order valence-electron chi connectivity index (χ2n) is 5.94. The largest absolute Gasteiger partial charge is 0.479 e. The summed E-state index contributed by atoms with van der Waals surface area (Å²) in [6.07, 6.45) is 5.59. The maximum Gasteiger partial charge on any atom is 0.292 e. The highest BCUT2D eigenvalue weighted by atomic mass is 16.5. The summed E-state index contributed by atoms with van der Waals surface area (Å²) in [6, 6.07) is 5.68. The molecule has 1 fully saturated rings. The molecule has 3 aromatic rings. The monoisotopic (exact) mass is 326 g/mol. The van der Waals surface area contributed by atoms with E-state index in [0.717, 1.165) is 18.5 Å². The molecule has 1 amide bonds. The molecule has 3 aromatic heterocycles. The molecule has 4 rings (SSSR count). The zero-order valence-corrected chi connectivity index (χ0v) is 13.4. The van der Waals surface area contributed by atoms with E-state index in [9.17, 15) is 4.79 Å². The van der Waals surface area contributed by atoms with Crippen LogP contribution in [-0.4, -0.2) is 46.1 Å². The molecule has 4 heterocycles. The minimum Gasteiger partial charge on any atom is -0.479 e. The highest BCUT2D eigenvalue weighted by Crippen LogP contribution is 2.32. The molecule has 0 unspecified atom stereocenters. The summed E-state index contributed by atoms with van der Waals surface area (Å²) in [5, 5.41) is 4.85. The van der Waals surface area contributed by atoms with E-state index in [1.165, 1.54) is 24.1 Å². The van der Waals surface area contributed by atoms with Gasteiger partial charge in [-0.15, -0.1) is 0 Å². The third-order valence-corrected chi connectivity index (χ3v) is 4.62. The number of aromatic amines is 1. The van der Waals surface area contributed by atoms with Gasteiger partial charge in [-0.1, -0.05) is 0 Å². The molecule has 24 heavy (non-hydrogen) atoms. The van der Waals surface area contributed by atoms with Crippen LogP contribution >= 0.6 is 0 Å². The zero-order valence-electron chi connectivity index (χ0n) is 13.4. The summed E-state index contributed by atoms with van der Waals surface area (Å²) in [6.45, 7) is 1.39. The van der Waals surface area contributed by atoms with Gasteiger partial charge in [0, 0.05) is 30.9 Å². The van der Waals surface area contributed by atoms with Gasteiger partial charge in [-0.2, -0.15) is 0 Å². The SMILES string of the molecule is COc1cc(C(=O)N2CCC(c3ccnc4[nH]ccc34)CC2)on1. The van der Waals surface area contributed by atoms with Crippen molar-refractivity contribution in [3.05, 3.63) is 41.9 Å². The van der Waals surface area contributed by atoms with Crippen molar-refractivity contribution in [2.24, 2.45) is 0 Å². The standard InChI is InChI=1S/C17H18N4O3/c1-23-15-10-14(24-20-15)17(22)21-8-4-11(5-9-21)12-2-6-18-16-13(12)3-7-19-16/h2-3,6-7,10-11H,4-5,8-9H2,1H3,(H,18,19). The highest BCUT2D eigenvalue weighted by Gasteiger charge is 2.27. The van der Waals surface area contributed by atoms with E-state index < -0.39 is 0 Å². The summed E-state index contributed by atoms with van der Waals surface area (Å²) in [7, 11) is 1.49. The van der Waals surface area contributed by atoms with Crippen LogP contribution in [0.1, 0.15) is 34.9 Å². The number of ether oxygens (including phenoxy) is 1. The smallest absolute Gasteiger partial charge is 0.292 e. The van der Waals surface area contributed by atoms with E-state index in [0.29, 0.717) is 24.9 Å². The molecule has 0 saturated carbocycles. The van der Waals surface area contributed by atoms with Gasteiger partial charge in [0.15, 0.2) is 0 Å². The van der Waals surface area contributed by atoms with E-state index in [4.69, 9.17) is 9.26 Å². The fourth-order valence-corrected chi connectivity index (χ4v) is 3.34. The van der Waals surface area contributed by atoms with Gasteiger partial charge in [0.05, 0.1) is 13.2 Å². The van der Waals surface area contributed by atoms with Crippen molar-refractivity contribution in [2.75, 3.05) is 20.2 Å². The number of fused-ring (bicyclic) bond motifs is 1. The first-order valence-corrected chi connectivity index (χ1v) is 7.98. The van der Waals surface area contributed by atoms with E-state index in [2.05, 4.69) is 27.3 Å². The van der Waals surface area contributed by atoms with Crippen LogP contribution in [0.3, 0.4) is 0 Å². The fourth-order valence-electron chi connectivity index (χ4n) is 3.34. The number of aromatic nitrogens is 3. The van der Waals surface area contributed by atoms with E-state index in [1.807, 2.05) is 17.3 Å². The maximum atomic E-state index is 12.5. The number of rotatable bonds is 3. The number of hydrogen-bond donors (Lipinski definition) is 1. The number of methoxy groups -OCH3 is 1. The van der Waals surface area contributed by atoms with Gasteiger partial charge in [0.2, 0.25) is 5.76 Å². The molecule has 0 aliphatic carbocycles. The fraction of sp³-hybridized carbons (Fsp3) is 0.353. The Morgan fingerprint density at radius 2 is 2.21 bits per heavy atom. The Bertz CT molecular complexity index is 861. The van der Waals surface area contributed by atoms with Crippen molar-refractivity contribution < 1.29 is 14.1 Å². The van der Waals surface area contributed by atoms with E-state index in [1.54, 1.807) is 0 Å². The van der Waals surface area contributed by atoms with Crippen LogP contribution in [0.2, 0.25) is 0 Å². The van der Waals surface area contributed by atoms with Crippen LogP contribution in [0, 0.1) is 0 Å². The highest BCUT2D eigenvalue weighted by molar-refractivity contribution is 5.91. The van der Waals surface area contributed by atoms with Crippen LogP contribution in [0.25, 0.3) is 11.0 Å². The van der Waals surface area contributed by atoms with E-state index in [-0.39, 0.29) is 11.7 Å². The van der Waals surface area contributed by atoms with Gasteiger partial charge >= 0.3 is 0 Å². The first kappa shape index (κ1) is 14.7. The molecule has 1 aliphatic heterocycles. The number of nitrogens with one attached hydrogen (secondary N) is 1. The summed E-state index contributed by atoms with van der Waals surface area (Å²) < 4.78 is 10.0. The minimum atomic E-state index is -0.134. The van der Waals surface area contributed by atoms with Crippen molar-refractivity contribution >= 4 is 16.9 Å². The number of carbonyl (C=O) groups excluding carboxylic acids is 1. The van der Waals surface area contributed by atoms with Crippen LogP contribution < -0.4 is 4.74 Å². The number of H-pyrrole nitrogens is 1. The van der Waals surface area contributed by atoms with E-state index >= 15 is 0 Å². The molecule has 124 valence electrons. The molecule has 0 bridgehead atoms. The molecule has 0 radical (unpaired) electrons. The van der Waals surface area contributed by atoms with Crippen LogP contribution in [0.4, 0.5) is 0 Å². The number of likely N-dealkylation sites (tertiary alicyclic amines) is 1. The predicted octanol–water partition coefficient (Wildman–Crippen LogP) is 2.58. The van der Waals surface area contributed by atoms with Crippen LogP contribution in [0.15, 0.2) is 35.1 Å². The van der Waals surface area contributed by atoms with Gasteiger partial charge < -0.3 is 19.1 Å². The molecule has 0 atom stereocenters. The lowest BCUT2D eigenvalue weighted by atomic mass is 9.88. The van der Waals surface area contributed by atoms with Crippen LogP contribution in [-0.2, 0) is 0 Å². The Morgan fingerprint density at radius 3 is 2.96 bits per heavy atom. The Labute approximate surface area is 138 Å². The number of piperidine rings is 1. The molecule has 1 N–H and O–H groups in total. The number of carbonyl (C=O) groups is 1. The van der Waals surface area contributed by atoms with Crippen molar-refractivity contribution in [3.8, 4) is 5.88 Å². The molecule has 1 aliphatic rings. The van der Waals surface area contributed by atoms with Gasteiger partial charge in [-0.25, -0.2) is 4.98 Å². The van der Waals surface area contributed by atoms with Crippen molar-refractivity contribution in [3.63, 3.8) is 0 Å². The van der Waals surface area contributed by atoms with Gasteiger partial charge in [-0.3, -0.25) is 4.79 Å². The normalized spacial score (nSPS) is 15.8. The number of pyridine rings is 1. The summed E-state index contributed by atoms with van der Waals surface area (Å²) in [4.78, 5) is 21.8. The van der Waals surface area contributed by atoms with Crippen LogP contribution in [0.5, 0.6) is 5.88 Å². The number of hydrogen-bond acceptors (Lipinski definition) is 5. The average molecular weight is 326 g/mol. The van der Waals surface area contributed by atoms with Crippen molar-refractivity contribution in [1.29, 1.82) is 0 Å². The third kappa shape index (κ3) is 2.51. The topological polar surface area (TPSA) is 84.2 Å². The average Bonchev–Trinajstić information content (AvgIpc) is 3.30. The van der Waals surface area contributed by atoms with Crippen molar-refractivity contribution in [2.45, 2.75) is 18.8 Å². The molecule has 7 nitrogen and oxygen atoms in total. The van der Waals surface area contributed by atoms with Gasteiger partial charge in [-0.05, 0) is 41.6 Å². The Kier molecular flexibility index (Phi) is 3.68. The van der Waals surface area contributed by atoms with Gasteiger partial charge in [0.1, 0.15) is 5.65 Å². The minimum absolute atomic E-state index is 0.134. The van der Waals surface area contributed by atoms with Crippen molar-refractivity contribution in [1.82, 2.24) is 20.0 Å². The molecular weight excluding hydrogens is 308 g/mol. The Balaban J connectivity index is 1.47. The van der Waals surface area contributed by atoms with Gasteiger partial charge in [0.25, 0.3) is 11.8 Å². The molecule has 1 saturated heterocycles. The third-order valence-electron chi connectivity index (χ3n) is 4.62. The lowest BCUT2D eigenvalue weighted by Crippen LogP contribution is -2.37. The first-order valence-electron chi connectivity index (χ1n) is 7.98. The summed E-state index contributed by atoms with van der Waals surface area (Å²) in [5.41, 5.74) is 2.22. The second-order valence-corrected chi connectivity index (χ2v) is 5.94. The molecule has 0 aromatic carbocycles. The lowest BCUT2D eigenvalue weighted by Gasteiger charge is -2.31. The maximum absolute atomic E-state index is 12.5. The lowest BCUT2D eigenvalue weighted by molar-refractivity contribution is 0.0671. The predicted molar refractivity (Wildman–Crippen MR) is 87.0 cm³/mol. The number of nitrogens with zero attached hydrogens (tertiary/aromatic N) is 3. The molecular formula is C17H18N4O3. The zero-order chi connectivity index (χ0) is 16.5. The Morgan fingerprint density at radius 1 is 1.38 bits per heavy atom.